The van der Waals surface area contributed by atoms with E-state index in [-0.39, 0.29) is 57.4 Å². The van der Waals surface area contributed by atoms with E-state index in [0.717, 1.165) is 27.2 Å². The molecule has 19 nitrogen and oxygen atoms in total. The Bertz CT molecular complexity index is 3430. The molecule has 2 aromatic heterocycles. The van der Waals surface area contributed by atoms with Crippen LogP contribution in [0.1, 0.15) is 83.4 Å². The summed E-state index contributed by atoms with van der Waals surface area (Å²) < 4.78 is 46.6. The average Bonchev–Trinajstić information content (AvgIpc) is 3.37. The van der Waals surface area contributed by atoms with Gasteiger partial charge in [-0.2, -0.15) is 0 Å². The summed E-state index contributed by atoms with van der Waals surface area (Å²) in [7, 11) is 1.61. The maximum absolute atomic E-state index is 14.7. The number of carbonyl (C=O) groups excluding carboxylic acids is 6. The summed E-state index contributed by atoms with van der Waals surface area (Å²) in [6.07, 6.45) is 2.90. The lowest BCUT2D eigenvalue weighted by molar-refractivity contribution is -0.145. The SMILES string of the molecule is COc1cc2c(Oc3ccc(NC(=O)C4(C(=O)Nc5ccc(F)cc5)CC4)cc3)ccnc2cc1N1CCC(OCCC(=O)Nc2cc(-c3scnc3C)ccc2CNC(=O)[C@@H]2C[C@@H](O)CN2C(=O)[C@@H](NC(=O)C2(F)CC2)C(C)(C)C)CC1. The number of nitrogens with one attached hydrogen (secondary N) is 5. The van der Waals surface area contributed by atoms with Crippen molar-refractivity contribution >= 4 is 80.4 Å². The second-order valence-electron chi connectivity index (χ2n) is 22.8. The van der Waals surface area contributed by atoms with Crippen molar-refractivity contribution in [3.63, 3.8) is 0 Å². The number of carbonyl (C=O) groups is 6. The zero-order valence-corrected chi connectivity index (χ0v) is 47.6. The molecular weight excluding hydrogens is 1090 g/mol. The minimum atomic E-state index is -2.01. The van der Waals surface area contributed by atoms with E-state index in [4.69, 9.17) is 14.2 Å². The normalized spacial score (nSPS) is 18.4. The molecule has 4 fully saturated rings. The van der Waals surface area contributed by atoms with Crippen molar-refractivity contribution in [3.05, 3.63) is 114 Å². The van der Waals surface area contributed by atoms with Crippen LogP contribution in [0.25, 0.3) is 21.3 Å². The van der Waals surface area contributed by atoms with E-state index >= 15 is 0 Å². The molecule has 6 N–H and O–H groups in total. The van der Waals surface area contributed by atoms with Crippen LogP contribution in [-0.2, 0) is 40.0 Å². The van der Waals surface area contributed by atoms with Crippen LogP contribution in [0.3, 0.4) is 0 Å². The molecule has 6 aromatic rings. The van der Waals surface area contributed by atoms with Gasteiger partial charge in [0.05, 0.1) is 59.6 Å². The van der Waals surface area contributed by atoms with E-state index in [1.807, 2.05) is 37.3 Å². The molecule has 2 saturated carbocycles. The fourth-order valence-corrected chi connectivity index (χ4v) is 11.3. The Hall–Kier alpha value is -8.08. The van der Waals surface area contributed by atoms with Crippen molar-refractivity contribution in [2.45, 2.75) is 116 Å². The first-order chi connectivity index (χ1) is 39.7. The third-order valence-corrected chi connectivity index (χ3v) is 16.7. The second kappa shape index (κ2) is 24.0. The lowest BCUT2D eigenvalue weighted by Crippen LogP contribution is -2.59. The van der Waals surface area contributed by atoms with Gasteiger partial charge in [0.1, 0.15) is 40.6 Å². The maximum Gasteiger partial charge on any atom is 0.258 e. The number of amides is 6. The molecule has 4 heterocycles. The predicted molar refractivity (Wildman–Crippen MR) is 309 cm³/mol. The Morgan fingerprint density at radius 3 is 2.16 bits per heavy atom. The number of piperidine rings is 1. The van der Waals surface area contributed by atoms with E-state index < -0.39 is 70.0 Å². The van der Waals surface area contributed by atoms with Gasteiger partial charge in [0, 0.05) is 61.2 Å². The molecule has 2 aliphatic heterocycles. The van der Waals surface area contributed by atoms with Crippen molar-refractivity contribution in [2.24, 2.45) is 10.8 Å². The summed E-state index contributed by atoms with van der Waals surface area (Å²) in [5.74, 6) is -1.90. The van der Waals surface area contributed by atoms with Crippen molar-refractivity contribution in [1.29, 1.82) is 0 Å². The Balaban J connectivity index is 0.721. The van der Waals surface area contributed by atoms with Crippen LogP contribution in [0.15, 0.2) is 96.6 Å². The van der Waals surface area contributed by atoms with Crippen molar-refractivity contribution in [1.82, 2.24) is 25.5 Å². The number of alkyl halides is 1. The van der Waals surface area contributed by atoms with E-state index in [0.29, 0.717) is 84.2 Å². The van der Waals surface area contributed by atoms with Crippen LogP contribution in [0.2, 0.25) is 0 Å². The molecule has 3 atom stereocenters. The Labute approximate surface area is 482 Å². The molecule has 2 aliphatic carbocycles. The minimum absolute atomic E-state index is 0.0235. The van der Waals surface area contributed by atoms with Gasteiger partial charge < -0.3 is 55.7 Å². The number of aryl methyl sites for hydroxylation is 1. The van der Waals surface area contributed by atoms with Crippen molar-refractivity contribution in [3.8, 4) is 27.7 Å². The quantitative estimate of drug-likeness (QED) is 0.0393. The van der Waals surface area contributed by atoms with Crippen molar-refractivity contribution < 1.29 is 56.9 Å². The Kier molecular flexibility index (Phi) is 16.8. The first-order valence-electron chi connectivity index (χ1n) is 27.8. The lowest BCUT2D eigenvalue weighted by Gasteiger charge is -2.35. The Morgan fingerprint density at radius 2 is 1.53 bits per heavy atom. The zero-order valence-electron chi connectivity index (χ0n) is 46.8. The second-order valence-corrected chi connectivity index (χ2v) is 23.7. The summed E-state index contributed by atoms with van der Waals surface area (Å²) in [5.41, 5.74) is 2.84. The van der Waals surface area contributed by atoms with Crippen LogP contribution in [0, 0.1) is 23.6 Å². The molecule has 83 heavy (non-hydrogen) atoms. The summed E-state index contributed by atoms with van der Waals surface area (Å²) in [5, 5.41) is 25.5. The number of thiazole rings is 1. The first kappa shape index (κ1) is 58.1. The van der Waals surface area contributed by atoms with Gasteiger partial charge in [0.25, 0.3) is 5.91 Å². The molecule has 436 valence electrons. The maximum atomic E-state index is 14.7. The summed E-state index contributed by atoms with van der Waals surface area (Å²) >= 11 is 1.46. The number of methoxy groups -OCH3 is 1. The smallest absolute Gasteiger partial charge is 0.258 e. The standard InChI is InChI=1S/C61H67F2N9O10S/c1-35-52(83-34-66-35)36-6-7-37(32-65-54(75)48-29-41(73)33-72(48)55(76)53(59(2,3)4)70-58(79)61(63)22-23-61)45(28-36)69-51(74)19-27-81-42-17-25-71(26-18-42)47-31-46-44(30-50(47)80-5)49(16-24-64-46)82-43-14-12-40(13-15-43)68-57(78)60(20-21-60)56(77)67-39-10-8-38(62)9-11-39/h6-16,24,28,30-31,34,41-42,48,53,73H,17-23,25-27,29,32-33H2,1-5H3,(H,65,75)(H,67,77)(H,68,78)(H,69,74)(H,70,79)/t41-,48+,53-/m1/s1. The summed E-state index contributed by atoms with van der Waals surface area (Å²) in [6, 6.07) is 21.2. The fourth-order valence-electron chi connectivity index (χ4n) is 10.5. The predicted octanol–water partition coefficient (Wildman–Crippen LogP) is 8.59. The number of aliphatic hydroxyl groups excluding tert-OH is 1. The summed E-state index contributed by atoms with van der Waals surface area (Å²) in [6.45, 7) is 8.42. The van der Waals surface area contributed by atoms with Crippen LogP contribution in [-0.4, -0.2) is 119 Å². The monoisotopic (exact) mass is 1160 g/mol. The van der Waals surface area contributed by atoms with Crippen LogP contribution in [0.5, 0.6) is 17.2 Å². The molecule has 10 rings (SSSR count). The Morgan fingerprint density at radius 1 is 0.843 bits per heavy atom. The number of β-amino-alcohol motifs (C(OH)–C–C–N with tert-alkyl or cyclic N) is 1. The highest BCUT2D eigenvalue weighted by Crippen LogP contribution is 2.48. The molecule has 0 bridgehead atoms. The highest BCUT2D eigenvalue weighted by molar-refractivity contribution is 7.13. The molecule has 22 heteroatoms. The number of fused-ring (bicyclic) bond motifs is 1. The molecular formula is C61H67F2N9O10S. The highest BCUT2D eigenvalue weighted by Gasteiger charge is 2.57. The molecule has 6 amide bonds. The number of nitrogens with zero attached hydrogens (tertiary/aromatic N) is 4. The number of aliphatic hydroxyl groups is 1. The molecule has 4 aliphatic rings. The number of rotatable bonds is 20. The van der Waals surface area contributed by atoms with Gasteiger partial charge in [-0.25, -0.2) is 13.8 Å². The summed E-state index contributed by atoms with van der Waals surface area (Å²) in [4.78, 5) is 94.1. The minimum Gasteiger partial charge on any atom is -0.495 e. The van der Waals surface area contributed by atoms with E-state index in [1.165, 1.54) is 40.5 Å². The number of hydrogen-bond donors (Lipinski definition) is 6. The number of anilines is 4. The van der Waals surface area contributed by atoms with Gasteiger partial charge in [-0.15, -0.1) is 11.3 Å². The van der Waals surface area contributed by atoms with Gasteiger partial charge in [-0.1, -0.05) is 32.9 Å². The number of hydrogen-bond acceptors (Lipinski definition) is 14. The van der Waals surface area contributed by atoms with Gasteiger partial charge in [-0.05, 0) is 135 Å². The molecule has 0 unspecified atom stereocenters. The largest absolute Gasteiger partial charge is 0.495 e. The van der Waals surface area contributed by atoms with Crippen LogP contribution in [0.4, 0.5) is 31.5 Å². The molecule has 0 spiro atoms. The number of likely N-dealkylation sites (tertiary alicyclic amines) is 1. The fraction of sp³-hybridized carbons (Fsp3) is 0.410. The van der Waals surface area contributed by atoms with Gasteiger partial charge in [0.15, 0.2) is 5.67 Å². The first-order valence-corrected chi connectivity index (χ1v) is 28.7. The topological polar surface area (TPSA) is 243 Å². The van der Waals surface area contributed by atoms with Crippen LogP contribution >= 0.6 is 11.3 Å². The molecule has 4 aromatic carbocycles. The number of aromatic nitrogens is 2. The number of pyridine rings is 1. The third kappa shape index (κ3) is 13.2. The van der Waals surface area contributed by atoms with Gasteiger partial charge in [0.2, 0.25) is 29.5 Å². The van der Waals surface area contributed by atoms with E-state index in [1.54, 1.807) is 69.9 Å². The molecule has 0 radical (unpaired) electrons. The van der Waals surface area contributed by atoms with Crippen LogP contribution < -0.4 is 41.0 Å². The zero-order chi connectivity index (χ0) is 58.8. The number of ether oxygens (including phenoxy) is 3. The van der Waals surface area contributed by atoms with E-state index in [2.05, 4.69) is 41.5 Å². The molecule has 2 saturated heterocycles. The average molecular weight is 1160 g/mol. The lowest BCUT2D eigenvalue weighted by atomic mass is 9.85. The van der Waals surface area contributed by atoms with E-state index in [9.17, 15) is 42.7 Å². The third-order valence-electron chi connectivity index (χ3n) is 15.7. The van der Waals surface area contributed by atoms with Crippen molar-refractivity contribution in [2.75, 3.05) is 54.2 Å². The number of halogens is 2. The number of benzene rings is 4. The van der Waals surface area contributed by atoms with Gasteiger partial charge >= 0.3 is 0 Å². The van der Waals surface area contributed by atoms with Gasteiger partial charge in [-0.3, -0.25) is 33.8 Å². The highest BCUT2D eigenvalue weighted by atomic mass is 32.1.